The number of carbonyl (C=O) groups excluding carboxylic acids is 1. The lowest BCUT2D eigenvalue weighted by Gasteiger charge is -2.11. The van der Waals surface area contributed by atoms with Gasteiger partial charge in [-0.3, -0.25) is 0 Å². The van der Waals surface area contributed by atoms with Gasteiger partial charge in [0.1, 0.15) is 23.8 Å². The SMILES string of the molecule is CCOC(=O)c1[nH]c2cc(OCc3ccccc3)ccc2c1-c1ccc(OC(C)C)cc1. The van der Waals surface area contributed by atoms with E-state index in [9.17, 15) is 4.79 Å². The summed E-state index contributed by atoms with van der Waals surface area (Å²) in [6.45, 7) is 6.56. The molecule has 1 N–H and O–H groups in total. The number of H-pyrrole nitrogens is 1. The second kappa shape index (κ2) is 9.60. The first-order valence-corrected chi connectivity index (χ1v) is 10.8. The normalized spacial score (nSPS) is 11.0. The molecule has 3 aromatic carbocycles. The van der Waals surface area contributed by atoms with Crippen LogP contribution in [0.4, 0.5) is 0 Å². The molecule has 0 aliphatic rings. The molecule has 4 aromatic rings. The second-order valence-electron chi connectivity index (χ2n) is 7.77. The molecule has 164 valence electrons. The highest BCUT2D eigenvalue weighted by atomic mass is 16.5. The molecule has 0 saturated carbocycles. The van der Waals surface area contributed by atoms with E-state index in [1.54, 1.807) is 6.92 Å². The van der Waals surface area contributed by atoms with Crippen LogP contribution in [0.2, 0.25) is 0 Å². The van der Waals surface area contributed by atoms with Gasteiger partial charge in [-0.05, 0) is 56.2 Å². The van der Waals surface area contributed by atoms with Gasteiger partial charge in [-0.2, -0.15) is 0 Å². The Hall–Kier alpha value is -3.73. The predicted octanol–water partition coefficient (Wildman–Crippen LogP) is 6.38. The highest BCUT2D eigenvalue weighted by molar-refractivity contribution is 6.08. The van der Waals surface area contributed by atoms with Gasteiger partial charge in [0.05, 0.1) is 18.2 Å². The summed E-state index contributed by atoms with van der Waals surface area (Å²) in [6.07, 6.45) is 0.0957. The van der Waals surface area contributed by atoms with Crippen LogP contribution in [0.1, 0.15) is 36.8 Å². The maximum atomic E-state index is 12.7. The van der Waals surface area contributed by atoms with Crippen LogP contribution in [-0.4, -0.2) is 23.7 Å². The maximum Gasteiger partial charge on any atom is 0.355 e. The topological polar surface area (TPSA) is 60.6 Å². The number of rotatable bonds is 8. The van der Waals surface area contributed by atoms with Crippen molar-refractivity contribution in [1.82, 2.24) is 4.98 Å². The molecule has 0 bridgehead atoms. The molecule has 32 heavy (non-hydrogen) atoms. The van der Waals surface area contributed by atoms with Crippen molar-refractivity contribution in [3.63, 3.8) is 0 Å². The van der Waals surface area contributed by atoms with Crippen molar-refractivity contribution >= 4 is 16.9 Å². The minimum atomic E-state index is -0.382. The first-order chi connectivity index (χ1) is 15.5. The van der Waals surface area contributed by atoms with Crippen LogP contribution in [-0.2, 0) is 11.3 Å². The van der Waals surface area contributed by atoms with E-state index in [4.69, 9.17) is 14.2 Å². The molecule has 0 atom stereocenters. The lowest BCUT2D eigenvalue weighted by molar-refractivity contribution is 0.0521. The highest BCUT2D eigenvalue weighted by Crippen LogP contribution is 2.35. The molecular formula is C27H27NO4. The van der Waals surface area contributed by atoms with Gasteiger partial charge in [-0.1, -0.05) is 42.5 Å². The summed E-state index contributed by atoms with van der Waals surface area (Å²) in [4.78, 5) is 16.0. The van der Waals surface area contributed by atoms with Gasteiger partial charge in [0.2, 0.25) is 0 Å². The van der Waals surface area contributed by atoms with Crippen molar-refractivity contribution in [2.24, 2.45) is 0 Å². The summed E-state index contributed by atoms with van der Waals surface area (Å²) in [5.41, 5.74) is 4.06. The Bertz CT molecular complexity index is 1190. The highest BCUT2D eigenvalue weighted by Gasteiger charge is 2.21. The van der Waals surface area contributed by atoms with E-state index < -0.39 is 0 Å². The Morgan fingerprint density at radius 1 is 0.938 bits per heavy atom. The summed E-state index contributed by atoms with van der Waals surface area (Å²) >= 11 is 0. The van der Waals surface area contributed by atoms with Crippen molar-refractivity contribution in [3.05, 3.63) is 84.1 Å². The molecule has 0 aliphatic carbocycles. The minimum Gasteiger partial charge on any atom is -0.491 e. The number of nitrogens with one attached hydrogen (secondary N) is 1. The van der Waals surface area contributed by atoms with Crippen LogP contribution in [0.15, 0.2) is 72.8 Å². The van der Waals surface area contributed by atoms with Crippen molar-refractivity contribution in [2.75, 3.05) is 6.61 Å². The first kappa shape index (κ1) is 21.5. The number of esters is 1. The largest absolute Gasteiger partial charge is 0.491 e. The fraction of sp³-hybridized carbons (Fsp3) is 0.222. The number of carbonyl (C=O) groups is 1. The van der Waals surface area contributed by atoms with Crippen molar-refractivity contribution in [1.29, 1.82) is 0 Å². The third-order valence-corrected chi connectivity index (χ3v) is 5.01. The van der Waals surface area contributed by atoms with Crippen LogP contribution in [0.3, 0.4) is 0 Å². The van der Waals surface area contributed by atoms with Gasteiger partial charge in [0.15, 0.2) is 0 Å². The van der Waals surface area contributed by atoms with Gasteiger partial charge in [-0.15, -0.1) is 0 Å². The van der Waals surface area contributed by atoms with E-state index in [0.717, 1.165) is 39.1 Å². The smallest absolute Gasteiger partial charge is 0.355 e. The zero-order valence-electron chi connectivity index (χ0n) is 18.6. The molecule has 0 spiro atoms. The van der Waals surface area contributed by atoms with E-state index in [1.165, 1.54) is 0 Å². The van der Waals surface area contributed by atoms with Crippen molar-refractivity contribution in [2.45, 2.75) is 33.5 Å². The number of fused-ring (bicyclic) bond motifs is 1. The monoisotopic (exact) mass is 429 g/mol. The molecule has 0 aliphatic heterocycles. The van der Waals surface area contributed by atoms with Gasteiger partial charge in [0.25, 0.3) is 0 Å². The second-order valence-corrected chi connectivity index (χ2v) is 7.77. The van der Waals surface area contributed by atoms with Gasteiger partial charge < -0.3 is 19.2 Å². The Balaban J connectivity index is 1.69. The Labute approximate surface area is 187 Å². The number of ether oxygens (including phenoxy) is 3. The molecule has 0 radical (unpaired) electrons. The fourth-order valence-electron chi connectivity index (χ4n) is 3.64. The zero-order valence-corrected chi connectivity index (χ0v) is 18.6. The predicted molar refractivity (Wildman–Crippen MR) is 126 cm³/mol. The molecule has 1 heterocycles. The van der Waals surface area contributed by atoms with Crippen LogP contribution >= 0.6 is 0 Å². The molecule has 1 aromatic heterocycles. The summed E-state index contributed by atoms with van der Waals surface area (Å²) < 4.78 is 17.0. The number of aromatic amines is 1. The number of hydrogen-bond acceptors (Lipinski definition) is 4. The van der Waals surface area contributed by atoms with Crippen LogP contribution in [0.5, 0.6) is 11.5 Å². The summed E-state index contributed by atoms with van der Waals surface area (Å²) in [5, 5.41) is 0.928. The zero-order chi connectivity index (χ0) is 22.5. The molecule has 0 fully saturated rings. The van der Waals surface area contributed by atoms with E-state index in [2.05, 4.69) is 4.98 Å². The van der Waals surface area contributed by atoms with Crippen LogP contribution in [0.25, 0.3) is 22.0 Å². The third kappa shape index (κ3) is 4.78. The lowest BCUT2D eigenvalue weighted by Crippen LogP contribution is -2.07. The number of benzene rings is 3. The molecule has 0 unspecified atom stereocenters. The van der Waals surface area contributed by atoms with Crippen LogP contribution in [0, 0.1) is 0 Å². The standard InChI is InChI=1S/C27H27NO4/c1-4-30-27(29)26-25(20-10-12-21(13-11-20)32-18(2)3)23-15-14-22(16-24(23)28-26)31-17-19-8-6-5-7-9-19/h5-16,18,28H,4,17H2,1-3H3. The van der Waals surface area contributed by atoms with Gasteiger partial charge >= 0.3 is 5.97 Å². The fourth-order valence-corrected chi connectivity index (χ4v) is 3.64. The quantitative estimate of drug-likeness (QED) is 0.330. The first-order valence-electron chi connectivity index (χ1n) is 10.8. The molecule has 4 rings (SSSR count). The maximum absolute atomic E-state index is 12.7. The molecule has 0 saturated heterocycles. The van der Waals surface area contributed by atoms with Gasteiger partial charge in [-0.25, -0.2) is 4.79 Å². The summed E-state index contributed by atoms with van der Waals surface area (Å²) in [6, 6.07) is 23.6. The Kier molecular flexibility index (Phi) is 6.45. The average molecular weight is 430 g/mol. The number of hydrogen-bond donors (Lipinski definition) is 1. The van der Waals surface area contributed by atoms with E-state index in [0.29, 0.717) is 18.9 Å². The molecule has 5 heteroatoms. The van der Waals surface area contributed by atoms with Gasteiger partial charge in [0, 0.05) is 17.0 Å². The van der Waals surface area contributed by atoms with Crippen molar-refractivity contribution in [3.8, 4) is 22.6 Å². The number of aromatic nitrogens is 1. The summed E-state index contributed by atoms with van der Waals surface area (Å²) in [7, 11) is 0. The minimum absolute atomic E-state index is 0.0957. The van der Waals surface area contributed by atoms with E-state index in [1.807, 2.05) is 86.6 Å². The van der Waals surface area contributed by atoms with Crippen LogP contribution < -0.4 is 9.47 Å². The Morgan fingerprint density at radius 2 is 1.66 bits per heavy atom. The molecule has 5 nitrogen and oxygen atoms in total. The Morgan fingerprint density at radius 3 is 2.34 bits per heavy atom. The third-order valence-electron chi connectivity index (χ3n) is 5.01. The van der Waals surface area contributed by atoms with E-state index >= 15 is 0 Å². The van der Waals surface area contributed by atoms with E-state index in [-0.39, 0.29) is 12.1 Å². The molecule has 0 amide bonds. The average Bonchev–Trinajstić information content (AvgIpc) is 3.18. The summed E-state index contributed by atoms with van der Waals surface area (Å²) in [5.74, 6) is 1.14. The van der Waals surface area contributed by atoms with Crippen molar-refractivity contribution < 1.29 is 19.0 Å². The lowest BCUT2D eigenvalue weighted by atomic mass is 10.0. The molecular weight excluding hydrogens is 402 g/mol.